The van der Waals surface area contributed by atoms with Crippen LogP contribution < -0.4 is 20.3 Å². The number of benzene rings is 2. The summed E-state index contributed by atoms with van der Waals surface area (Å²) >= 11 is 0. The lowest BCUT2D eigenvalue weighted by molar-refractivity contribution is -0.136. The number of hydrogen-bond acceptors (Lipinski definition) is 5. The van der Waals surface area contributed by atoms with E-state index in [1.165, 1.54) is 23.2 Å². The molecule has 4 rings (SSSR count). The van der Waals surface area contributed by atoms with Gasteiger partial charge >= 0.3 is 11.8 Å². The maximum atomic E-state index is 12.6. The highest BCUT2D eigenvalue weighted by Gasteiger charge is 2.26. The molecule has 2 N–H and O–H groups in total. The second-order valence-corrected chi connectivity index (χ2v) is 8.92. The van der Waals surface area contributed by atoms with Gasteiger partial charge in [0.25, 0.3) is 0 Å². The zero-order valence-electron chi connectivity index (χ0n) is 19.6. The third kappa shape index (κ3) is 5.66. The van der Waals surface area contributed by atoms with Crippen LogP contribution in [0.1, 0.15) is 42.9 Å². The summed E-state index contributed by atoms with van der Waals surface area (Å²) in [7, 11) is 3.70. The molecule has 0 spiro atoms. The molecule has 2 amide bonds. The summed E-state index contributed by atoms with van der Waals surface area (Å²) in [5.74, 6) is -0.679. The van der Waals surface area contributed by atoms with Gasteiger partial charge in [-0.15, -0.1) is 0 Å². The minimum atomic E-state index is -0.673. The molecular weight excluding hydrogens is 416 g/mol. The SMILES string of the molecule is COc1cccc(NC(=O)C(=O)NC[C@H](c2ccc3c(c2)CCCN3C)N2CCCCC2)c1. The van der Waals surface area contributed by atoms with E-state index in [1.807, 2.05) is 0 Å². The zero-order valence-corrected chi connectivity index (χ0v) is 19.6. The predicted octanol–water partition coefficient (Wildman–Crippen LogP) is 3.36. The Bertz CT molecular complexity index is 987. The monoisotopic (exact) mass is 450 g/mol. The molecule has 1 atom stereocenters. The lowest BCUT2D eigenvalue weighted by Gasteiger charge is -2.36. The van der Waals surface area contributed by atoms with Crippen LogP contribution in [-0.2, 0) is 16.0 Å². The predicted molar refractivity (Wildman–Crippen MR) is 131 cm³/mol. The Labute approximate surface area is 196 Å². The summed E-state index contributed by atoms with van der Waals surface area (Å²) in [5.41, 5.74) is 4.40. The summed E-state index contributed by atoms with van der Waals surface area (Å²) in [6.45, 7) is 3.50. The van der Waals surface area contributed by atoms with Crippen molar-refractivity contribution in [3.05, 3.63) is 53.6 Å². The van der Waals surface area contributed by atoms with Crippen molar-refractivity contribution in [3.63, 3.8) is 0 Å². The molecule has 2 aromatic rings. The summed E-state index contributed by atoms with van der Waals surface area (Å²) in [6.07, 6.45) is 5.80. The minimum Gasteiger partial charge on any atom is -0.497 e. The van der Waals surface area contributed by atoms with Gasteiger partial charge in [0.1, 0.15) is 5.75 Å². The molecule has 0 bridgehead atoms. The molecule has 7 nitrogen and oxygen atoms in total. The molecule has 33 heavy (non-hydrogen) atoms. The normalized spacial score (nSPS) is 17.1. The van der Waals surface area contributed by atoms with Crippen molar-refractivity contribution in [2.24, 2.45) is 0 Å². The first kappa shape index (κ1) is 23.1. The number of nitrogens with one attached hydrogen (secondary N) is 2. The highest BCUT2D eigenvalue weighted by Crippen LogP contribution is 2.31. The van der Waals surface area contributed by atoms with Crippen LogP contribution in [0, 0.1) is 0 Å². The molecule has 0 unspecified atom stereocenters. The van der Waals surface area contributed by atoms with Crippen LogP contribution in [0.4, 0.5) is 11.4 Å². The summed E-state index contributed by atoms with van der Waals surface area (Å²) < 4.78 is 5.18. The van der Waals surface area contributed by atoms with Crippen LogP contribution in [0.2, 0.25) is 0 Å². The summed E-state index contributed by atoms with van der Waals surface area (Å²) in [6, 6.07) is 13.7. The maximum Gasteiger partial charge on any atom is 0.313 e. The van der Waals surface area contributed by atoms with Crippen LogP contribution in [0.15, 0.2) is 42.5 Å². The van der Waals surface area contributed by atoms with Gasteiger partial charge < -0.3 is 20.3 Å². The van der Waals surface area contributed by atoms with Crippen molar-refractivity contribution in [2.75, 3.05) is 50.6 Å². The first-order valence-electron chi connectivity index (χ1n) is 11.9. The number of aryl methyl sites for hydroxylation is 1. The van der Waals surface area contributed by atoms with E-state index in [-0.39, 0.29) is 6.04 Å². The molecule has 0 aliphatic carbocycles. The van der Waals surface area contributed by atoms with Crippen molar-refractivity contribution in [1.29, 1.82) is 0 Å². The molecule has 0 radical (unpaired) electrons. The Kier molecular flexibility index (Phi) is 7.50. The van der Waals surface area contributed by atoms with Crippen LogP contribution in [0.25, 0.3) is 0 Å². The van der Waals surface area contributed by atoms with Crippen molar-refractivity contribution >= 4 is 23.2 Å². The fourth-order valence-corrected chi connectivity index (χ4v) is 4.86. The molecule has 1 saturated heterocycles. The van der Waals surface area contributed by atoms with Gasteiger partial charge in [-0.05, 0) is 68.1 Å². The van der Waals surface area contributed by atoms with Crippen LogP contribution in [-0.4, -0.2) is 57.1 Å². The maximum absolute atomic E-state index is 12.6. The van der Waals surface area contributed by atoms with Crippen molar-refractivity contribution in [1.82, 2.24) is 10.2 Å². The van der Waals surface area contributed by atoms with Gasteiger partial charge in [0, 0.05) is 37.6 Å². The molecular formula is C26H34N4O3. The van der Waals surface area contributed by atoms with Crippen molar-refractivity contribution in [2.45, 2.75) is 38.1 Å². The third-order valence-corrected chi connectivity index (χ3v) is 6.66. The van der Waals surface area contributed by atoms with E-state index in [1.54, 1.807) is 31.4 Å². The number of nitrogens with zero attached hydrogens (tertiary/aromatic N) is 2. The van der Waals surface area contributed by atoms with E-state index in [2.05, 4.69) is 45.7 Å². The molecule has 2 aliphatic heterocycles. The van der Waals surface area contributed by atoms with Gasteiger partial charge in [-0.3, -0.25) is 14.5 Å². The number of amides is 2. The second kappa shape index (κ2) is 10.7. The Hall–Kier alpha value is -3.06. The lowest BCUT2D eigenvalue weighted by Crippen LogP contribution is -2.43. The van der Waals surface area contributed by atoms with Gasteiger partial charge in [-0.25, -0.2) is 0 Å². The molecule has 7 heteroatoms. The minimum absolute atomic E-state index is 0.0522. The van der Waals surface area contributed by atoms with E-state index in [0.29, 0.717) is 18.0 Å². The number of piperidine rings is 1. The number of methoxy groups -OCH3 is 1. The van der Waals surface area contributed by atoms with Crippen molar-refractivity contribution < 1.29 is 14.3 Å². The Morgan fingerprint density at radius 1 is 1.00 bits per heavy atom. The lowest BCUT2D eigenvalue weighted by atomic mass is 9.95. The largest absolute Gasteiger partial charge is 0.497 e. The molecule has 2 aliphatic rings. The first-order valence-corrected chi connectivity index (χ1v) is 11.9. The number of carbonyl (C=O) groups is 2. The Morgan fingerprint density at radius 3 is 2.61 bits per heavy atom. The highest BCUT2D eigenvalue weighted by atomic mass is 16.5. The molecule has 2 aromatic carbocycles. The molecule has 176 valence electrons. The number of rotatable bonds is 6. The van der Waals surface area contributed by atoms with Gasteiger partial charge in [0.15, 0.2) is 0 Å². The fraction of sp³-hybridized carbons (Fsp3) is 0.462. The Balaban J connectivity index is 1.45. The molecule has 0 aromatic heterocycles. The number of carbonyl (C=O) groups excluding carboxylic acids is 2. The van der Waals surface area contributed by atoms with Gasteiger partial charge in [-0.1, -0.05) is 24.6 Å². The molecule has 0 saturated carbocycles. The quantitative estimate of drug-likeness (QED) is 0.661. The second-order valence-electron chi connectivity index (χ2n) is 8.92. The van der Waals surface area contributed by atoms with Crippen LogP contribution in [0.5, 0.6) is 5.75 Å². The number of hydrogen-bond donors (Lipinski definition) is 2. The van der Waals surface area contributed by atoms with Crippen LogP contribution >= 0.6 is 0 Å². The zero-order chi connectivity index (χ0) is 23.2. The third-order valence-electron chi connectivity index (χ3n) is 6.66. The molecule has 1 fully saturated rings. The summed E-state index contributed by atoms with van der Waals surface area (Å²) in [5, 5.41) is 5.54. The number of anilines is 2. The van der Waals surface area contributed by atoms with Gasteiger partial charge in [-0.2, -0.15) is 0 Å². The Morgan fingerprint density at radius 2 is 1.82 bits per heavy atom. The highest BCUT2D eigenvalue weighted by molar-refractivity contribution is 6.39. The van der Waals surface area contributed by atoms with E-state index < -0.39 is 11.8 Å². The van der Waals surface area contributed by atoms with Crippen molar-refractivity contribution in [3.8, 4) is 5.75 Å². The van der Waals surface area contributed by atoms with Gasteiger partial charge in [0.2, 0.25) is 0 Å². The average molecular weight is 451 g/mol. The van der Waals surface area contributed by atoms with E-state index in [4.69, 9.17) is 4.74 Å². The van der Waals surface area contributed by atoms with E-state index in [0.717, 1.165) is 45.3 Å². The number of fused-ring (bicyclic) bond motifs is 1. The molecule has 2 heterocycles. The number of ether oxygens (including phenoxy) is 1. The average Bonchev–Trinajstić information content (AvgIpc) is 2.85. The fourth-order valence-electron chi connectivity index (χ4n) is 4.86. The first-order chi connectivity index (χ1) is 16.0. The number of likely N-dealkylation sites (tertiary alicyclic amines) is 1. The summed E-state index contributed by atoms with van der Waals surface area (Å²) in [4.78, 5) is 29.8. The topological polar surface area (TPSA) is 73.9 Å². The van der Waals surface area contributed by atoms with E-state index >= 15 is 0 Å². The standard InChI is InChI=1S/C26H34N4O3/c1-29-13-7-8-19-16-20(11-12-23(19)29)24(30-14-4-3-5-15-30)18-27-25(31)26(32)28-21-9-6-10-22(17-21)33-2/h6,9-12,16-17,24H,3-5,7-8,13-15,18H2,1-2H3,(H,27,31)(H,28,32)/t24-/m1/s1. The smallest absolute Gasteiger partial charge is 0.313 e. The van der Waals surface area contributed by atoms with Gasteiger partial charge in [0.05, 0.1) is 13.2 Å². The van der Waals surface area contributed by atoms with Crippen LogP contribution in [0.3, 0.4) is 0 Å². The van der Waals surface area contributed by atoms with E-state index in [9.17, 15) is 9.59 Å².